The molecule has 2 heterocycles. The van der Waals surface area contributed by atoms with E-state index in [4.69, 9.17) is 4.42 Å². The van der Waals surface area contributed by atoms with E-state index in [1.165, 1.54) is 5.56 Å². The Balaban J connectivity index is 1.79. The Hall–Kier alpha value is -3.08. The number of hydrogen-bond donors (Lipinski definition) is 1. The Labute approximate surface area is 153 Å². The highest BCUT2D eigenvalue weighted by atomic mass is 16.3. The third kappa shape index (κ3) is 3.47. The van der Waals surface area contributed by atoms with Crippen LogP contribution in [0.4, 0.5) is 0 Å². The van der Waals surface area contributed by atoms with Crippen molar-refractivity contribution in [3.8, 4) is 5.69 Å². The van der Waals surface area contributed by atoms with E-state index in [0.29, 0.717) is 17.1 Å². The van der Waals surface area contributed by atoms with E-state index in [9.17, 15) is 4.79 Å². The van der Waals surface area contributed by atoms with Crippen LogP contribution in [-0.4, -0.2) is 16.7 Å². The average molecular weight is 349 g/mol. The first-order valence-electron chi connectivity index (χ1n) is 8.53. The maximum Gasteiger partial charge on any atom is 0.274 e. The number of nitrogens with zero attached hydrogens (tertiary/aromatic N) is 2. The van der Waals surface area contributed by atoms with E-state index >= 15 is 0 Å². The summed E-state index contributed by atoms with van der Waals surface area (Å²) in [4.78, 5) is 12.2. The summed E-state index contributed by atoms with van der Waals surface area (Å²) >= 11 is 0. The molecule has 0 saturated heterocycles. The van der Waals surface area contributed by atoms with Crippen LogP contribution in [0.25, 0.3) is 5.69 Å². The molecule has 0 unspecified atom stereocenters. The van der Waals surface area contributed by atoms with Crippen LogP contribution in [0.3, 0.4) is 0 Å². The van der Waals surface area contributed by atoms with Crippen LogP contribution in [0.15, 0.2) is 45.9 Å². The Morgan fingerprint density at radius 3 is 2.38 bits per heavy atom. The first-order valence-corrected chi connectivity index (χ1v) is 8.53. The number of furan rings is 1. The lowest BCUT2D eigenvalue weighted by atomic mass is 10.2. The van der Waals surface area contributed by atoms with Gasteiger partial charge in [0.25, 0.3) is 5.91 Å². The Morgan fingerprint density at radius 2 is 1.77 bits per heavy atom. The van der Waals surface area contributed by atoms with Crippen LogP contribution in [0, 0.1) is 34.6 Å². The molecule has 5 heteroatoms. The fourth-order valence-corrected chi connectivity index (χ4v) is 3.09. The fourth-order valence-electron chi connectivity index (χ4n) is 3.09. The van der Waals surface area contributed by atoms with Crippen molar-refractivity contribution in [2.24, 2.45) is 5.10 Å². The van der Waals surface area contributed by atoms with Crippen LogP contribution in [0.1, 0.15) is 44.4 Å². The van der Waals surface area contributed by atoms with Crippen molar-refractivity contribution in [2.45, 2.75) is 34.6 Å². The van der Waals surface area contributed by atoms with Gasteiger partial charge in [-0.3, -0.25) is 4.79 Å². The second kappa shape index (κ2) is 7.04. The highest BCUT2D eigenvalue weighted by Crippen LogP contribution is 2.20. The van der Waals surface area contributed by atoms with Crippen LogP contribution in [-0.2, 0) is 0 Å². The molecule has 26 heavy (non-hydrogen) atoms. The molecule has 0 aliphatic heterocycles. The van der Waals surface area contributed by atoms with E-state index in [1.54, 1.807) is 19.2 Å². The smallest absolute Gasteiger partial charge is 0.274 e. The molecule has 0 spiro atoms. The minimum atomic E-state index is -0.275. The van der Waals surface area contributed by atoms with Gasteiger partial charge < -0.3 is 8.98 Å². The van der Waals surface area contributed by atoms with Crippen molar-refractivity contribution in [3.63, 3.8) is 0 Å². The quantitative estimate of drug-likeness (QED) is 0.561. The van der Waals surface area contributed by atoms with Gasteiger partial charge in [0.2, 0.25) is 0 Å². The molecule has 0 atom stereocenters. The Morgan fingerprint density at radius 1 is 1.08 bits per heavy atom. The third-order valence-electron chi connectivity index (χ3n) is 4.42. The lowest BCUT2D eigenvalue weighted by molar-refractivity contribution is 0.0953. The zero-order chi connectivity index (χ0) is 18.8. The van der Waals surface area contributed by atoms with Crippen molar-refractivity contribution in [2.75, 3.05) is 0 Å². The number of carbonyl (C=O) groups excluding carboxylic acids is 1. The number of hydrazone groups is 1. The fraction of sp³-hybridized carbons (Fsp3) is 0.238. The van der Waals surface area contributed by atoms with Crippen LogP contribution >= 0.6 is 0 Å². The minimum absolute atomic E-state index is 0.275. The molecule has 134 valence electrons. The van der Waals surface area contributed by atoms with Crippen LogP contribution in [0.5, 0.6) is 0 Å². The molecule has 0 saturated carbocycles. The van der Waals surface area contributed by atoms with Gasteiger partial charge in [0, 0.05) is 22.6 Å². The van der Waals surface area contributed by atoms with Crippen molar-refractivity contribution >= 4 is 12.1 Å². The van der Waals surface area contributed by atoms with E-state index in [-0.39, 0.29) is 5.91 Å². The molecule has 0 aliphatic carbocycles. The van der Waals surface area contributed by atoms with E-state index in [2.05, 4.69) is 59.3 Å². The molecule has 0 radical (unpaired) electrons. The zero-order valence-electron chi connectivity index (χ0n) is 15.8. The lowest BCUT2D eigenvalue weighted by Gasteiger charge is -2.09. The minimum Gasteiger partial charge on any atom is -0.466 e. The standard InChI is InChI=1S/C21H23N3O2/c1-13-6-8-19(9-7-13)24-14(2)10-18(16(24)4)12-22-23-21(25)20-11-15(3)26-17(20)5/h6-12H,1-5H3,(H,23,25)/b22-12-. The van der Waals surface area contributed by atoms with Gasteiger partial charge in [0.05, 0.1) is 11.8 Å². The maximum absolute atomic E-state index is 12.2. The normalized spacial score (nSPS) is 11.3. The molecule has 1 aromatic carbocycles. The first-order chi connectivity index (χ1) is 12.4. The van der Waals surface area contributed by atoms with E-state index in [1.807, 2.05) is 13.8 Å². The molecule has 1 N–H and O–H groups in total. The van der Waals surface area contributed by atoms with Crippen molar-refractivity contribution in [1.82, 2.24) is 9.99 Å². The number of aryl methyl sites for hydroxylation is 4. The first kappa shape index (κ1) is 17.7. The summed E-state index contributed by atoms with van der Waals surface area (Å²) in [5.74, 6) is 1.02. The molecular weight excluding hydrogens is 326 g/mol. The van der Waals surface area contributed by atoms with Crippen molar-refractivity contribution in [3.05, 3.63) is 76.0 Å². The average Bonchev–Trinajstić information content (AvgIpc) is 3.07. The van der Waals surface area contributed by atoms with E-state index in [0.717, 1.165) is 22.6 Å². The number of benzene rings is 1. The molecule has 0 fully saturated rings. The lowest BCUT2D eigenvalue weighted by Crippen LogP contribution is -2.17. The number of amides is 1. The maximum atomic E-state index is 12.2. The monoisotopic (exact) mass is 349 g/mol. The molecule has 0 aliphatic rings. The molecule has 3 aromatic rings. The Bertz CT molecular complexity index is 976. The number of nitrogens with one attached hydrogen (secondary N) is 1. The van der Waals surface area contributed by atoms with Crippen molar-refractivity contribution in [1.29, 1.82) is 0 Å². The molecule has 3 rings (SSSR count). The van der Waals surface area contributed by atoms with Gasteiger partial charge in [-0.05, 0) is 58.9 Å². The van der Waals surface area contributed by atoms with Crippen molar-refractivity contribution < 1.29 is 9.21 Å². The van der Waals surface area contributed by atoms with Gasteiger partial charge in [-0.15, -0.1) is 0 Å². The number of carbonyl (C=O) groups is 1. The van der Waals surface area contributed by atoms with Gasteiger partial charge in [0.15, 0.2) is 0 Å². The van der Waals surface area contributed by atoms with Crippen LogP contribution < -0.4 is 5.43 Å². The molecule has 1 amide bonds. The third-order valence-corrected chi connectivity index (χ3v) is 4.42. The molecule has 5 nitrogen and oxygen atoms in total. The second-order valence-electron chi connectivity index (χ2n) is 6.52. The topological polar surface area (TPSA) is 59.5 Å². The van der Waals surface area contributed by atoms with E-state index < -0.39 is 0 Å². The zero-order valence-corrected chi connectivity index (χ0v) is 15.8. The number of aromatic nitrogens is 1. The van der Waals surface area contributed by atoms with Crippen LogP contribution in [0.2, 0.25) is 0 Å². The molecule has 2 aromatic heterocycles. The van der Waals surface area contributed by atoms with Gasteiger partial charge in [-0.1, -0.05) is 17.7 Å². The van der Waals surface area contributed by atoms with Gasteiger partial charge >= 0.3 is 0 Å². The summed E-state index contributed by atoms with van der Waals surface area (Å²) < 4.78 is 7.55. The SMILES string of the molecule is Cc1ccc(-n2c(C)cc(/C=N\NC(=O)c3cc(C)oc3C)c2C)cc1. The predicted molar refractivity (Wildman–Crippen MR) is 103 cm³/mol. The summed E-state index contributed by atoms with van der Waals surface area (Å²) in [7, 11) is 0. The molecule has 0 bridgehead atoms. The summed E-state index contributed by atoms with van der Waals surface area (Å²) in [5.41, 5.74) is 8.55. The van der Waals surface area contributed by atoms with Gasteiger partial charge in [0.1, 0.15) is 11.5 Å². The van der Waals surface area contributed by atoms with Gasteiger partial charge in [-0.25, -0.2) is 5.43 Å². The highest BCUT2D eigenvalue weighted by Gasteiger charge is 2.13. The highest BCUT2D eigenvalue weighted by molar-refractivity contribution is 5.96. The number of hydrogen-bond acceptors (Lipinski definition) is 3. The summed E-state index contributed by atoms with van der Waals surface area (Å²) in [5, 5.41) is 4.11. The summed E-state index contributed by atoms with van der Waals surface area (Å²) in [6, 6.07) is 12.2. The Kier molecular flexibility index (Phi) is 4.80. The summed E-state index contributed by atoms with van der Waals surface area (Å²) in [6.07, 6.45) is 1.67. The number of rotatable bonds is 4. The second-order valence-corrected chi connectivity index (χ2v) is 6.52. The largest absolute Gasteiger partial charge is 0.466 e. The molecular formula is C21H23N3O2. The predicted octanol–water partition coefficient (Wildman–Crippen LogP) is 4.38. The van der Waals surface area contributed by atoms with Gasteiger partial charge in [-0.2, -0.15) is 5.10 Å². The summed E-state index contributed by atoms with van der Waals surface area (Å²) in [6.45, 7) is 9.75.